The van der Waals surface area contributed by atoms with Crippen LogP contribution in [0.3, 0.4) is 0 Å². The second-order valence-corrected chi connectivity index (χ2v) is 7.09. The van der Waals surface area contributed by atoms with Crippen molar-refractivity contribution in [2.45, 2.75) is 0 Å². The first-order valence-corrected chi connectivity index (χ1v) is 9.55. The Morgan fingerprint density at radius 2 is 1.72 bits per heavy atom. The minimum atomic E-state index is 0.0354. The number of nitrogens with zero attached hydrogens (tertiary/aromatic N) is 6. The third-order valence-electron chi connectivity index (χ3n) is 5.14. The molecular weight excluding hydrogens is 364 g/mol. The Labute approximate surface area is 168 Å². The van der Waals surface area contributed by atoms with E-state index in [4.69, 9.17) is 9.97 Å². The van der Waals surface area contributed by atoms with Gasteiger partial charge in [-0.05, 0) is 12.1 Å². The second-order valence-electron chi connectivity index (χ2n) is 7.09. The molecule has 0 N–H and O–H groups in total. The van der Waals surface area contributed by atoms with Crippen LogP contribution < -0.4 is 9.80 Å². The van der Waals surface area contributed by atoms with E-state index < -0.39 is 0 Å². The number of hydrogen-bond acceptors (Lipinski definition) is 5. The van der Waals surface area contributed by atoms with Crippen molar-refractivity contribution in [2.75, 3.05) is 29.4 Å². The zero-order valence-electron chi connectivity index (χ0n) is 16.1. The number of hydrogen-bond donors (Lipinski definition) is 0. The lowest BCUT2D eigenvalue weighted by Gasteiger charge is -2.34. The highest BCUT2D eigenvalue weighted by molar-refractivity contribution is 5.99. The molecule has 29 heavy (non-hydrogen) atoms. The average molecular weight is 384 g/mol. The normalized spacial score (nSPS) is 14.6. The third kappa shape index (κ3) is 3.20. The van der Waals surface area contributed by atoms with Gasteiger partial charge in [-0.3, -0.25) is 9.48 Å². The van der Waals surface area contributed by atoms with Crippen molar-refractivity contribution in [1.29, 1.82) is 0 Å². The van der Waals surface area contributed by atoms with Crippen LogP contribution in [0.5, 0.6) is 0 Å². The first-order chi connectivity index (χ1) is 14.2. The number of benzene rings is 2. The molecule has 0 unspecified atom stereocenters. The van der Waals surface area contributed by atoms with E-state index >= 15 is 0 Å². The number of aryl methyl sites for hydroxylation is 1. The zero-order chi connectivity index (χ0) is 19.8. The highest BCUT2D eigenvalue weighted by atomic mass is 16.2. The predicted molar refractivity (Wildman–Crippen MR) is 113 cm³/mol. The average Bonchev–Trinajstić information content (AvgIpc) is 3.19. The fourth-order valence-electron chi connectivity index (χ4n) is 3.69. The maximum absolute atomic E-state index is 12.9. The molecular formula is C22H20N6O. The molecule has 0 aliphatic carbocycles. The SMILES string of the molecule is Cn1cc(N2CCN(c3nc(-c4ccccc4)nc4ccccc34)CC2=O)cn1. The minimum Gasteiger partial charge on any atom is -0.345 e. The molecule has 1 amide bonds. The van der Waals surface area contributed by atoms with Crippen LogP contribution in [0.25, 0.3) is 22.3 Å². The quantitative estimate of drug-likeness (QED) is 0.543. The Hall–Kier alpha value is -3.74. The van der Waals surface area contributed by atoms with Crippen molar-refractivity contribution in [1.82, 2.24) is 19.7 Å². The van der Waals surface area contributed by atoms with Gasteiger partial charge < -0.3 is 9.80 Å². The van der Waals surface area contributed by atoms with Gasteiger partial charge in [0.05, 0.1) is 23.9 Å². The number of carbonyl (C=O) groups excluding carboxylic acids is 1. The summed E-state index contributed by atoms with van der Waals surface area (Å²) in [5.74, 6) is 1.50. The molecule has 7 heteroatoms. The van der Waals surface area contributed by atoms with Crippen LogP contribution in [0.4, 0.5) is 11.5 Å². The molecule has 2 aromatic carbocycles. The number of aromatic nitrogens is 4. The Balaban J connectivity index is 1.52. The Bertz CT molecular complexity index is 1190. The first-order valence-electron chi connectivity index (χ1n) is 9.55. The van der Waals surface area contributed by atoms with E-state index in [1.54, 1.807) is 15.8 Å². The largest absolute Gasteiger partial charge is 0.345 e. The van der Waals surface area contributed by atoms with Crippen molar-refractivity contribution in [3.63, 3.8) is 0 Å². The van der Waals surface area contributed by atoms with Crippen molar-refractivity contribution in [3.8, 4) is 11.4 Å². The summed E-state index contributed by atoms with van der Waals surface area (Å²) < 4.78 is 1.71. The highest BCUT2D eigenvalue weighted by Crippen LogP contribution is 2.29. The molecule has 4 aromatic rings. The number of carbonyl (C=O) groups is 1. The summed E-state index contributed by atoms with van der Waals surface area (Å²) in [4.78, 5) is 26.3. The summed E-state index contributed by atoms with van der Waals surface area (Å²) in [7, 11) is 1.85. The summed E-state index contributed by atoms with van der Waals surface area (Å²) >= 11 is 0. The molecule has 1 fully saturated rings. The maximum Gasteiger partial charge on any atom is 0.246 e. The molecule has 3 heterocycles. The molecule has 144 valence electrons. The van der Waals surface area contributed by atoms with Crippen molar-refractivity contribution in [3.05, 3.63) is 67.0 Å². The van der Waals surface area contributed by atoms with E-state index in [2.05, 4.69) is 5.10 Å². The fourth-order valence-corrected chi connectivity index (χ4v) is 3.69. The Kier molecular flexibility index (Phi) is 4.20. The monoisotopic (exact) mass is 384 g/mol. The fraction of sp³-hybridized carbons (Fsp3) is 0.182. The number of fused-ring (bicyclic) bond motifs is 1. The number of anilines is 2. The third-order valence-corrected chi connectivity index (χ3v) is 5.14. The van der Waals surface area contributed by atoms with Gasteiger partial charge in [-0.2, -0.15) is 5.10 Å². The minimum absolute atomic E-state index is 0.0354. The van der Waals surface area contributed by atoms with Crippen molar-refractivity contribution < 1.29 is 4.79 Å². The van der Waals surface area contributed by atoms with Crippen molar-refractivity contribution >= 4 is 28.3 Å². The number of piperazine rings is 1. The first kappa shape index (κ1) is 17.4. The van der Waals surface area contributed by atoms with Gasteiger partial charge >= 0.3 is 0 Å². The van der Waals surface area contributed by atoms with Gasteiger partial charge in [0.15, 0.2) is 5.82 Å². The van der Waals surface area contributed by atoms with E-state index in [-0.39, 0.29) is 12.5 Å². The molecule has 2 aromatic heterocycles. The van der Waals surface area contributed by atoms with Gasteiger partial charge in [-0.25, -0.2) is 9.97 Å². The molecule has 0 atom stereocenters. The number of para-hydroxylation sites is 1. The summed E-state index contributed by atoms with van der Waals surface area (Å²) in [6.45, 7) is 1.55. The van der Waals surface area contributed by atoms with E-state index in [0.29, 0.717) is 18.9 Å². The van der Waals surface area contributed by atoms with Gasteiger partial charge in [0.2, 0.25) is 5.91 Å². The molecule has 0 bridgehead atoms. The van der Waals surface area contributed by atoms with Gasteiger partial charge in [-0.15, -0.1) is 0 Å². The summed E-state index contributed by atoms with van der Waals surface area (Å²) in [6.07, 6.45) is 3.59. The number of rotatable bonds is 3. The molecule has 0 radical (unpaired) electrons. The smallest absolute Gasteiger partial charge is 0.246 e. The van der Waals surface area contributed by atoms with E-state index in [1.807, 2.05) is 72.7 Å². The maximum atomic E-state index is 12.9. The van der Waals surface area contributed by atoms with E-state index in [0.717, 1.165) is 28.0 Å². The van der Waals surface area contributed by atoms with Crippen LogP contribution in [-0.2, 0) is 11.8 Å². The van der Waals surface area contributed by atoms with Crippen LogP contribution in [0.1, 0.15) is 0 Å². The molecule has 5 rings (SSSR count). The van der Waals surface area contributed by atoms with Crippen molar-refractivity contribution in [2.24, 2.45) is 7.05 Å². The van der Waals surface area contributed by atoms with Crippen LogP contribution in [0.15, 0.2) is 67.0 Å². The Morgan fingerprint density at radius 1 is 0.931 bits per heavy atom. The van der Waals surface area contributed by atoms with Crippen LogP contribution in [0, 0.1) is 0 Å². The topological polar surface area (TPSA) is 67.2 Å². The lowest BCUT2D eigenvalue weighted by atomic mass is 10.1. The summed E-state index contributed by atoms with van der Waals surface area (Å²) in [5.41, 5.74) is 2.66. The molecule has 1 aliphatic rings. The predicted octanol–water partition coefficient (Wildman–Crippen LogP) is 2.88. The number of amides is 1. The molecule has 0 saturated carbocycles. The standard InChI is InChI=1S/C22H20N6O/c1-26-14-17(13-23-26)28-12-11-27(15-20(28)29)22-18-9-5-6-10-19(18)24-21(25-22)16-7-3-2-4-8-16/h2-10,13-14H,11-12,15H2,1H3. The highest BCUT2D eigenvalue weighted by Gasteiger charge is 2.28. The van der Waals surface area contributed by atoms with Crippen LogP contribution >= 0.6 is 0 Å². The van der Waals surface area contributed by atoms with Gasteiger partial charge in [-0.1, -0.05) is 42.5 Å². The zero-order valence-corrected chi connectivity index (χ0v) is 16.1. The lowest BCUT2D eigenvalue weighted by molar-refractivity contribution is -0.117. The second kappa shape index (κ2) is 7.01. The molecule has 0 spiro atoms. The lowest BCUT2D eigenvalue weighted by Crippen LogP contribution is -2.51. The van der Waals surface area contributed by atoms with Gasteiger partial charge in [0.25, 0.3) is 0 Å². The van der Waals surface area contributed by atoms with Gasteiger partial charge in [0.1, 0.15) is 5.82 Å². The summed E-state index contributed by atoms with van der Waals surface area (Å²) in [5, 5.41) is 5.13. The molecule has 1 aliphatic heterocycles. The van der Waals surface area contributed by atoms with E-state index in [9.17, 15) is 4.79 Å². The van der Waals surface area contributed by atoms with Crippen LogP contribution in [-0.4, -0.2) is 45.3 Å². The van der Waals surface area contributed by atoms with E-state index in [1.165, 1.54) is 0 Å². The summed E-state index contributed by atoms with van der Waals surface area (Å²) in [6, 6.07) is 17.9. The molecule has 1 saturated heterocycles. The van der Waals surface area contributed by atoms with Gasteiger partial charge in [0, 0.05) is 37.3 Å². The molecule has 7 nitrogen and oxygen atoms in total. The van der Waals surface area contributed by atoms with Crippen LogP contribution in [0.2, 0.25) is 0 Å². The Morgan fingerprint density at radius 3 is 2.48 bits per heavy atom.